The molecule has 0 fully saturated rings. The molecule has 0 aromatic carbocycles. The van der Waals surface area contributed by atoms with Gasteiger partial charge in [-0.3, -0.25) is 0 Å². The summed E-state index contributed by atoms with van der Waals surface area (Å²) in [5.74, 6) is 2.95. The molecule has 2 aromatic heterocycles. The zero-order chi connectivity index (χ0) is 14.5. The molecule has 2 rings (SSSR count). The summed E-state index contributed by atoms with van der Waals surface area (Å²) in [7, 11) is 3.84. The van der Waals surface area contributed by atoms with E-state index in [9.17, 15) is 0 Å². The predicted octanol–water partition coefficient (Wildman–Crippen LogP) is 1.18. The normalized spacial score (nSPS) is 10.6. The van der Waals surface area contributed by atoms with Gasteiger partial charge in [-0.15, -0.1) is 0 Å². The van der Waals surface area contributed by atoms with Gasteiger partial charge in [0.2, 0.25) is 11.9 Å². The summed E-state index contributed by atoms with van der Waals surface area (Å²) >= 11 is 0. The molecule has 1 N–H and O–H groups in total. The van der Waals surface area contributed by atoms with Crippen molar-refractivity contribution in [3.05, 3.63) is 24.0 Å². The highest BCUT2D eigenvalue weighted by atomic mass is 15.3. The average Bonchev–Trinajstić information content (AvgIpc) is 2.86. The van der Waals surface area contributed by atoms with Crippen molar-refractivity contribution in [1.82, 2.24) is 24.5 Å². The van der Waals surface area contributed by atoms with Crippen LogP contribution in [0.4, 0.5) is 11.9 Å². The third-order valence-electron chi connectivity index (χ3n) is 2.86. The van der Waals surface area contributed by atoms with Gasteiger partial charge in [0.05, 0.1) is 6.42 Å². The number of anilines is 2. The van der Waals surface area contributed by atoms with Gasteiger partial charge in [0, 0.05) is 39.6 Å². The Morgan fingerprint density at radius 2 is 2.00 bits per heavy atom. The molecule has 0 aliphatic carbocycles. The van der Waals surface area contributed by atoms with E-state index in [1.807, 2.05) is 32.1 Å². The standard InChI is InChI=1S/C13H21N7/c1-5-14-12-16-10(17-13(18-12)19(3)4)9-11-15-7-8-20(11)6-2/h7-8H,5-6,9H2,1-4H3,(H,14,16,17,18). The summed E-state index contributed by atoms with van der Waals surface area (Å²) in [5.41, 5.74) is 0. The van der Waals surface area contributed by atoms with Crippen LogP contribution in [0, 0.1) is 0 Å². The van der Waals surface area contributed by atoms with Gasteiger partial charge in [-0.05, 0) is 13.8 Å². The molecule has 0 bridgehead atoms. The molecule has 7 nitrogen and oxygen atoms in total. The molecule has 20 heavy (non-hydrogen) atoms. The van der Waals surface area contributed by atoms with Crippen LogP contribution in [0.3, 0.4) is 0 Å². The smallest absolute Gasteiger partial charge is 0.229 e. The minimum Gasteiger partial charge on any atom is -0.354 e. The van der Waals surface area contributed by atoms with E-state index in [0.29, 0.717) is 18.3 Å². The van der Waals surface area contributed by atoms with Crippen LogP contribution in [0.25, 0.3) is 0 Å². The van der Waals surface area contributed by atoms with Crippen LogP contribution in [-0.2, 0) is 13.0 Å². The molecular formula is C13H21N7. The highest BCUT2D eigenvalue weighted by Gasteiger charge is 2.10. The Labute approximate surface area is 119 Å². The van der Waals surface area contributed by atoms with Crippen LogP contribution in [-0.4, -0.2) is 45.1 Å². The second-order valence-electron chi connectivity index (χ2n) is 4.61. The molecule has 0 atom stereocenters. The Bertz CT molecular complexity index is 562. The van der Waals surface area contributed by atoms with E-state index in [4.69, 9.17) is 0 Å². The predicted molar refractivity (Wildman–Crippen MR) is 79.0 cm³/mol. The Morgan fingerprint density at radius 1 is 1.20 bits per heavy atom. The molecule has 0 aliphatic heterocycles. The number of nitrogens with one attached hydrogen (secondary N) is 1. The van der Waals surface area contributed by atoms with Gasteiger partial charge >= 0.3 is 0 Å². The minimum absolute atomic E-state index is 0.600. The first-order valence-electron chi connectivity index (χ1n) is 6.80. The molecule has 0 amide bonds. The van der Waals surface area contributed by atoms with Crippen LogP contribution < -0.4 is 10.2 Å². The maximum Gasteiger partial charge on any atom is 0.229 e. The highest BCUT2D eigenvalue weighted by molar-refractivity contribution is 5.36. The van der Waals surface area contributed by atoms with Crippen molar-refractivity contribution in [3.8, 4) is 0 Å². The van der Waals surface area contributed by atoms with Gasteiger partial charge in [-0.25, -0.2) is 4.98 Å². The summed E-state index contributed by atoms with van der Waals surface area (Å²) in [6.45, 7) is 5.78. The lowest BCUT2D eigenvalue weighted by molar-refractivity contribution is 0.700. The van der Waals surface area contributed by atoms with E-state index in [1.54, 1.807) is 6.20 Å². The van der Waals surface area contributed by atoms with Gasteiger partial charge in [-0.2, -0.15) is 15.0 Å². The van der Waals surface area contributed by atoms with Gasteiger partial charge in [0.15, 0.2) is 0 Å². The second-order valence-corrected chi connectivity index (χ2v) is 4.61. The molecule has 0 saturated carbocycles. The van der Waals surface area contributed by atoms with Crippen LogP contribution >= 0.6 is 0 Å². The van der Waals surface area contributed by atoms with Crippen molar-refractivity contribution in [2.45, 2.75) is 26.8 Å². The number of hydrogen-bond donors (Lipinski definition) is 1. The number of imidazole rings is 1. The van der Waals surface area contributed by atoms with Crippen LogP contribution in [0.15, 0.2) is 12.4 Å². The Balaban J connectivity index is 2.30. The number of rotatable bonds is 6. The Hall–Kier alpha value is -2.18. The van der Waals surface area contributed by atoms with E-state index in [0.717, 1.165) is 24.7 Å². The summed E-state index contributed by atoms with van der Waals surface area (Å²) in [4.78, 5) is 19.5. The molecule has 0 radical (unpaired) electrons. The molecule has 0 spiro atoms. The fourth-order valence-electron chi connectivity index (χ4n) is 1.86. The highest BCUT2D eigenvalue weighted by Crippen LogP contribution is 2.11. The first kappa shape index (κ1) is 14.2. The summed E-state index contributed by atoms with van der Waals surface area (Å²) in [6.07, 6.45) is 4.37. The quantitative estimate of drug-likeness (QED) is 0.853. The summed E-state index contributed by atoms with van der Waals surface area (Å²) in [5, 5.41) is 3.14. The molecule has 2 heterocycles. The number of nitrogens with zero attached hydrogens (tertiary/aromatic N) is 6. The first-order valence-corrected chi connectivity index (χ1v) is 6.80. The lowest BCUT2D eigenvalue weighted by Gasteiger charge is -2.13. The largest absolute Gasteiger partial charge is 0.354 e. The van der Waals surface area contributed by atoms with E-state index < -0.39 is 0 Å². The number of aryl methyl sites for hydroxylation is 1. The van der Waals surface area contributed by atoms with Gasteiger partial charge < -0.3 is 14.8 Å². The molecule has 7 heteroatoms. The SMILES string of the molecule is CCNc1nc(Cc2nccn2CC)nc(N(C)C)n1. The lowest BCUT2D eigenvalue weighted by Crippen LogP contribution is -2.17. The van der Waals surface area contributed by atoms with Crippen LogP contribution in [0.1, 0.15) is 25.5 Å². The zero-order valence-electron chi connectivity index (χ0n) is 12.5. The van der Waals surface area contributed by atoms with E-state index >= 15 is 0 Å². The maximum absolute atomic E-state index is 4.48. The molecule has 2 aromatic rings. The van der Waals surface area contributed by atoms with Gasteiger partial charge in [-0.1, -0.05) is 0 Å². The zero-order valence-corrected chi connectivity index (χ0v) is 12.5. The third-order valence-corrected chi connectivity index (χ3v) is 2.86. The van der Waals surface area contributed by atoms with Crippen molar-refractivity contribution in [2.24, 2.45) is 0 Å². The Kier molecular flexibility index (Phi) is 4.49. The second kappa shape index (κ2) is 6.31. The Morgan fingerprint density at radius 3 is 2.65 bits per heavy atom. The fraction of sp³-hybridized carbons (Fsp3) is 0.538. The lowest BCUT2D eigenvalue weighted by atomic mass is 10.3. The fourth-order valence-corrected chi connectivity index (χ4v) is 1.86. The molecular weight excluding hydrogens is 254 g/mol. The minimum atomic E-state index is 0.600. The average molecular weight is 275 g/mol. The van der Waals surface area contributed by atoms with E-state index in [2.05, 4.69) is 36.7 Å². The summed E-state index contributed by atoms with van der Waals surface area (Å²) < 4.78 is 2.09. The van der Waals surface area contributed by atoms with Crippen molar-refractivity contribution in [3.63, 3.8) is 0 Å². The van der Waals surface area contributed by atoms with Crippen LogP contribution in [0.2, 0.25) is 0 Å². The van der Waals surface area contributed by atoms with Crippen LogP contribution in [0.5, 0.6) is 0 Å². The number of aromatic nitrogens is 5. The van der Waals surface area contributed by atoms with Crippen molar-refractivity contribution in [2.75, 3.05) is 30.9 Å². The third kappa shape index (κ3) is 3.23. The molecule has 0 saturated heterocycles. The monoisotopic (exact) mass is 275 g/mol. The van der Waals surface area contributed by atoms with Crippen molar-refractivity contribution >= 4 is 11.9 Å². The van der Waals surface area contributed by atoms with E-state index in [-0.39, 0.29) is 0 Å². The van der Waals surface area contributed by atoms with Gasteiger partial charge in [0.25, 0.3) is 0 Å². The number of hydrogen-bond acceptors (Lipinski definition) is 6. The first-order chi connectivity index (χ1) is 9.63. The maximum atomic E-state index is 4.48. The molecule has 0 unspecified atom stereocenters. The van der Waals surface area contributed by atoms with Gasteiger partial charge in [0.1, 0.15) is 11.6 Å². The summed E-state index contributed by atoms with van der Waals surface area (Å²) in [6, 6.07) is 0. The van der Waals surface area contributed by atoms with Crippen molar-refractivity contribution < 1.29 is 0 Å². The molecule has 0 aliphatic rings. The van der Waals surface area contributed by atoms with Crippen molar-refractivity contribution in [1.29, 1.82) is 0 Å². The topological polar surface area (TPSA) is 71.8 Å². The van der Waals surface area contributed by atoms with E-state index in [1.165, 1.54) is 0 Å². The molecule has 108 valence electrons.